The minimum atomic E-state index is -0.271. The number of rotatable bonds is 3. The van der Waals surface area contributed by atoms with Crippen LogP contribution in [0.4, 0.5) is 4.79 Å². The molecule has 1 saturated heterocycles. The molecule has 0 spiro atoms. The maximum absolute atomic E-state index is 12.7. The molecule has 0 bridgehead atoms. The Balaban J connectivity index is 1.69. The van der Waals surface area contributed by atoms with Crippen LogP contribution in [0, 0.1) is 11.8 Å². The molecule has 4 nitrogen and oxygen atoms in total. The molecule has 158 valence electrons. The molecule has 2 aromatic carbocycles. The second-order valence-corrected chi connectivity index (χ2v) is 8.52. The van der Waals surface area contributed by atoms with E-state index in [1.807, 2.05) is 56.4 Å². The maximum atomic E-state index is 12.7. The highest BCUT2D eigenvalue weighted by molar-refractivity contribution is 6.43. The largest absolute Gasteiger partial charge is 0.331 e. The van der Waals surface area contributed by atoms with E-state index < -0.39 is 0 Å². The van der Waals surface area contributed by atoms with Crippen LogP contribution in [0.3, 0.4) is 0 Å². The zero-order chi connectivity index (χ0) is 21.7. The normalized spacial score (nSPS) is 15.8. The van der Waals surface area contributed by atoms with Crippen LogP contribution in [0.25, 0.3) is 0 Å². The quantitative estimate of drug-likeness (QED) is 0.662. The summed E-state index contributed by atoms with van der Waals surface area (Å²) in [6, 6.07) is 13.3. The number of hydrogen-bond acceptors (Lipinski definition) is 2. The molecule has 1 atom stereocenters. The second-order valence-electron chi connectivity index (χ2n) is 7.76. The Bertz CT molecular complexity index is 944. The Hall–Kier alpha value is -2.19. The average Bonchev–Trinajstić information content (AvgIpc) is 2.75. The molecule has 1 aliphatic rings. The lowest BCUT2D eigenvalue weighted by Crippen LogP contribution is -2.48. The van der Waals surface area contributed by atoms with Crippen molar-refractivity contribution in [3.8, 4) is 11.8 Å². The van der Waals surface area contributed by atoms with Crippen molar-refractivity contribution in [3.63, 3.8) is 0 Å². The van der Waals surface area contributed by atoms with Crippen LogP contribution in [0.1, 0.15) is 42.5 Å². The van der Waals surface area contributed by atoms with Crippen LogP contribution >= 0.6 is 23.2 Å². The number of halogens is 2. The first kappa shape index (κ1) is 22.5. The van der Waals surface area contributed by atoms with Crippen molar-refractivity contribution in [1.82, 2.24) is 15.1 Å². The molecule has 1 aliphatic heterocycles. The molecule has 3 rings (SSSR count). The van der Waals surface area contributed by atoms with E-state index in [0.717, 1.165) is 37.1 Å². The van der Waals surface area contributed by atoms with Gasteiger partial charge in [-0.1, -0.05) is 59.3 Å². The van der Waals surface area contributed by atoms with Gasteiger partial charge in [0.25, 0.3) is 0 Å². The fraction of sp³-hybridized carbons (Fsp3) is 0.375. The molecular weight excluding hydrogens is 417 g/mol. The van der Waals surface area contributed by atoms with Crippen LogP contribution in [0.2, 0.25) is 10.0 Å². The second kappa shape index (κ2) is 10.2. The highest BCUT2D eigenvalue weighted by Crippen LogP contribution is 2.33. The van der Waals surface area contributed by atoms with E-state index in [1.165, 1.54) is 0 Å². The minimum Gasteiger partial charge on any atom is -0.331 e. The average molecular weight is 444 g/mol. The van der Waals surface area contributed by atoms with Crippen molar-refractivity contribution in [2.24, 2.45) is 0 Å². The van der Waals surface area contributed by atoms with Gasteiger partial charge in [-0.2, -0.15) is 0 Å². The van der Waals surface area contributed by atoms with E-state index in [1.54, 1.807) is 4.90 Å². The van der Waals surface area contributed by atoms with Gasteiger partial charge in [0.05, 0.1) is 16.1 Å². The predicted octanol–water partition coefficient (Wildman–Crippen LogP) is 5.19. The van der Waals surface area contributed by atoms with E-state index in [9.17, 15) is 4.79 Å². The highest BCUT2D eigenvalue weighted by Gasteiger charge is 2.25. The lowest BCUT2D eigenvalue weighted by atomic mass is 10.0. The fourth-order valence-electron chi connectivity index (χ4n) is 3.57. The van der Waals surface area contributed by atoms with E-state index in [0.29, 0.717) is 15.6 Å². The number of carbonyl (C=O) groups excluding carboxylic acids is 1. The molecule has 0 aliphatic carbocycles. The number of hydrogen-bond donors (Lipinski definition) is 1. The van der Waals surface area contributed by atoms with Gasteiger partial charge in [0.2, 0.25) is 0 Å². The number of urea groups is 1. The summed E-state index contributed by atoms with van der Waals surface area (Å²) in [5.41, 5.74) is 2.35. The molecule has 1 heterocycles. The number of nitrogens with one attached hydrogen (secondary N) is 1. The smallest absolute Gasteiger partial charge is 0.317 e. The monoisotopic (exact) mass is 443 g/mol. The van der Waals surface area contributed by atoms with Gasteiger partial charge in [-0.3, -0.25) is 0 Å². The Labute approximate surface area is 189 Å². The number of amides is 2. The molecular formula is C24H27Cl2N3O. The van der Waals surface area contributed by atoms with Gasteiger partial charge in [0, 0.05) is 24.2 Å². The van der Waals surface area contributed by atoms with E-state index in [4.69, 9.17) is 23.2 Å². The summed E-state index contributed by atoms with van der Waals surface area (Å²) in [6.07, 6.45) is 1.96. The first-order valence-corrected chi connectivity index (χ1v) is 10.9. The fourth-order valence-corrected chi connectivity index (χ4v) is 4.12. The molecule has 1 fully saturated rings. The third-order valence-corrected chi connectivity index (χ3v) is 6.49. The molecule has 1 N–H and O–H groups in total. The summed E-state index contributed by atoms with van der Waals surface area (Å²) in [5, 5.41) is 3.87. The summed E-state index contributed by atoms with van der Waals surface area (Å²) in [7, 11) is 3.97. The Morgan fingerprint density at radius 2 is 1.77 bits per heavy atom. The minimum absolute atomic E-state index is 0.0998. The summed E-state index contributed by atoms with van der Waals surface area (Å²) in [4.78, 5) is 16.8. The molecule has 30 heavy (non-hydrogen) atoms. The van der Waals surface area contributed by atoms with Gasteiger partial charge in [0.1, 0.15) is 0 Å². The van der Waals surface area contributed by atoms with Crippen LogP contribution in [-0.2, 0) is 0 Å². The SMILES string of the molecule is CC(NC(=O)N(C)C1CCN(C)CC1)c1ccc(C#Cc2ccccc2)c(Cl)c1Cl. The van der Waals surface area contributed by atoms with Gasteiger partial charge in [-0.15, -0.1) is 0 Å². The van der Waals surface area contributed by atoms with Crippen molar-refractivity contribution in [3.05, 3.63) is 69.2 Å². The molecule has 2 aromatic rings. The molecule has 2 amide bonds. The van der Waals surface area contributed by atoms with Crippen molar-refractivity contribution >= 4 is 29.2 Å². The van der Waals surface area contributed by atoms with Crippen molar-refractivity contribution in [2.75, 3.05) is 27.2 Å². The zero-order valence-corrected chi connectivity index (χ0v) is 19.1. The topological polar surface area (TPSA) is 35.6 Å². The predicted molar refractivity (Wildman–Crippen MR) is 124 cm³/mol. The third-order valence-electron chi connectivity index (χ3n) is 5.59. The van der Waals surface area contributed by atoms with Gasteiger partial charge in [-0.25, -0.2) is 4.79 Å². The summed E-state index contributed by atoms with van der Waals surface area (Å²) < 4.78 is 0. The lowest BCUT2D eigenvalue weighted by Gasteiger charge is -2.35. The van der Waals surface area contributed by atoms with Crippen LogP contribution < -0.4 is 5.32 Å². The molecule has 6 heteroatoms. The van der Waals surface area contributed by atoms with Gasteiger partial charge in [-0.05, 0) is 63.7 Å². The van der Waals surface area contributed by atoms with Crippen LogP contribution in [0.15, 0.2) is 42.5 Å². The third kappa shape index (κ3) is 5.49. The maximum Gasteiger partial charge on any atom is 0.317 e. The van der Waals surface area contributed by atoms with Gasteiger partial charge >= 0.3 is 6.03 Å². The molecule has 1 unspecified atom stereocenters. The van der Waals surface area contributed by atoms with E-state index in [2.05, 4.69) is 29.1 Å². The van der Waals surface area contributed by atoms with E-state index in [-0.39, 0.29) is 18.1 Å². The van der Waals surface area contributed by atoms with Gasteiger partial charge in [0.15, 0.2) is 0 Å². The standard InChI is InChI=1S/C24H27Cl2N3O/c1-17(27-24(30)29(3)20-13-15-28(2)16-14-20)21-12-11-19(22(25)23(21)26)10-9-18-7-5-4-6-8-18/h4-8,11-12,17,20H,13-16H2,1-3H3,(H,27,30). The molecule has 0 saturated carbocycles. The number of piperidine rings is 1. The number of likely N-dealkylation sites (tertiary alicyclic amines) is 1. The van der Waals surface area contributed by atoms with Crippen molar-refractivity contribution in [2.45, 2.75) is 31.8 Å². The first-order valence-electron chi connectivity index (χ1n) is 10.1. The van der Waals surface area contributed by atoms with Crippen LogP contribution in [0.5, 0.6) is 0 Å². The zero-order valence-electron chi connectivity index (χ0n) is 17.6. The van der Waals surface area contributed by atoms with Gasteiger partial charge < -0.3 is 15.1 Å². The Morgan fingerprint density at radius 1 is 1.10 bits per heavy atom. The lowest BCUT2D eigenvalue weighted by molar-refractivity contribution is 0.146. The Morgan fingerprint density at radius 3 is 2.43 bits per heavy atom. The van der Waals surface area contributed by atoms with Crippen molar-refractivity contribution in [1.29, 1.82) is 0 Å². The highest BCUT2D eigenvalue weighted by atomic mass is 35.5. The summed E-state index contributed by atoms with van der Waals surface area (Å²) in [5.74, 6) is 6.17. The van der Waals surface area contributed by atoms with Crippen molar-refractivity contribution < 1.29 is 4.79 Å². The number of benzene rings is 2. The number of nitrogens with zero attached hydrogens (tertiary/aromatic N) is 2. The molecule has 0 radical (unpaired) electrons. The van der Waals surface area contributed by atoms with Crippen LogP contribution in [-0.4, -0.2) is 49.1 Å². The molecule has 0 aromatic heterocycles. The number of carbonyl (C=O) groups is 1. The van der Waals surface area contributed by atoms with E-state index >= 15 is 0 Å². The first-order chi connectivity index (χ1) is 14.4. The summed E-state index contributed by atoms with van der Waals surface area (Å²) in [6.45, 7) is 3.92. The summed E-state index contributed by atoms with van der Waals surface area (Å²) >= 11 is 13.0. The Kier molecular flexibility index (Phi) is 7.66.